The third-order valence-electron chi connectivity index (χ3n) is 4.79. The van der Waals surface area contributed by atoms with Gasteiger partial charge in [0, 0.05) is 12.6 Å². The maximum Gasteiger partial charge on any atom is 0.237 e. The van der Waals surface area contributed by atoms with E-state index in [0.29, 0.717) is 5.41 Å². The monoisotopic (exact) mass is 296 g/mol. The zero-order valence-electron chi connectivity index (χ0n) is 14.8. The van der Waals surface area contributed by atoms with Crippen molar-refractivity contribution in [3.05, 3.63) is 0 Å². The van der Waals surface area contributed by atoms with Gasteiger partial charge in [0.1, 0.15) is 0 Å². The Hall–Kier alpha value is -0.570. The third-order valence-corrected chi connectivity index (χ3v) is 4.79. The second kappa shape index (κ2) is 8.77. The summed E-state index contributed by atoms with van der Waals surface area (Å²) in [5.74, 6) is 0.882. The lowest BCUT2D eigenvalue weighted by Crippen LogP contribution is -2.48. The van der Waals surface area contributed by atoms with Crippen molar-refractivity contribution in [3.8, 4) is 0 Å². The summed E-state index contributed by atoms with van der Waals surface area (Å²) in [6.07, 6.45) is 8.78. The van der Waals surface area contributed by atoms with E-state index in [9.17, 15) is 4.79 Å². The average molecular weight is 296 g/mol. The van der Waals surface area contributed by atoms with Crippen molar-refractivity contribution >= 4 is 5.91 Å². The quantitative estimate of drug-likeness (QED) is 0.678. The first-order chi connectivity index (χ1) is 9.88. The molecule has 1 amide bonds. The largest absolute Gasteiger partial charge is 0.352 e. The van der Waals surface area contributed by atoms with Gasteiger partial charge in [0.2, 0.25) is 5.91 Å². The molecule has 124 valence electrons. The Labute approximate surface area is 131 Å². The van der Waals surface area contributed by atoms with Crippen LogP contribution in [0, 0.1) is 11.3 Å². The standard InChI is InChI=1S/C18H36N2O/c1-6-9-15(4)20-17(21)16(5)19-13-18(12-14(2)3)10-7-8-11-18/h14-16,19H,6-13H2,1-5H3,(H,20,21). The molecule has 0 radical (unpaired) electrons. The third kappa shape index (κ3) is 6.37. The molecule has 3 nitrogen and oxygen atoms in total. The molecule has 2 unspecified atom stereocenters. The van der Waals surface area contributed by atoms with Crippen molar-refractivity contribution < 1.29 is 4.79 Å². The highest BCUT2D eigenvalue weighted by Crippen LogP contribution is 2.42. The maximum atomic E-state index is 12.2. The Morgan fingerprint density at radius 1 is 1.14 bits per heavy atom. The fraction of sp³-hybridized carbons (Fsp3) is 0.944. The fourth-order valence-corrected chi connectivity index (χ4v) is 3.78. The van der Waals surface area contributed by atoms with Gasteiger partial charge in [-0.1, -0.05) is 40.0 Å². The minimum Gasteiger partial charge on any atom is -0.352 e. The smallest absolute Gasteiger partial charge is 0.237 e. The van der Waals surface area contributed by atoms with Crippen LogP contribution in [-0.2, 0) is 4.79 Å². The van der Waals surface area contributed by atoms with Crippen LogP contribution in [0.15, 0.2) is 0 Å². The Morgan fingerprint density at radius 3 is 2.29 bits per heavy atom. The second-order valence-corrected chi connectivity index (χ2v) is 7.61. The molecule has 21 heavy (non-hydrogen) atoms. The van der Waals surface area contributed by atoms with E-state index in [1.165, 1.54) is 32.1 Å². The van der Waals surface area contributed by atoms with Crippen molar-refractivity contribution in [1.29, 1.82) is 0 Å². The lowest BCUT2D eigenvalue weighted by molar-refractivity contribution is -0.123. The number of carbonyl (C=O) groups is 1. The van der Waals surface area contributed by atoms with E-state index in [0.717, 1.165) is 25.3 Å². The van der Waals surface area contributed by atoms with Gasteiger partial charge < -0.3 is 10.6 Å². The van der Waals surface area contributed by atoms with Crippen LogP contribution in [0.25, 0.3) is 0 Å². The zero-order valence-corrected chi connectivity index (χ0v) is 14.8. The molecule has 0 aliphatic heterocycles. The van der Waals surface area contributed by atoms with Gasteiger partial charge in [-0.3, -0.25) is 4.79 Å². The van der Waals surface area contributed by atoms with Crippen LogP contribution in [0.4, 0.5) is 0 Å². The Balaban J connectivity index is 2.42. The normalized spacial score (nSPS) is 20.5. The first kappa shape index (κ1) is 18.5. The van der Waals surface area contributed by atoms with E-state index in [4.69, 9.17) is 0 Å². The molecule has 1 aliphatic carbocycles. The van der Waals surface area contributed by atoms with Crippen LogP contribution < -0.4 is 10.6 Å². The van der Waals surface area contributed by atoms with Gasteiger partial charge in [0.25, 0.3) is 0 Å². The molecule has 0 aromatic rings. The predicted molar refractivity (Wildman–Crippen MR) is 90.3 cm³/mol. The average Bonchev–Trinajstić information content (AvgIpc) is 2.84. The lowest BCUT2D eigenvalue weighted by atomic mass is 9.78. The van der Waals surface area contributed by atoms with Crippen LogP contribution in [0.5, 0.6) is 0 Å². The zero-order chi connectivity index (χ0) is 15.9. The molecule has 2 atom stereocenters. The van der Waals surface area contributed by atoms with Crippen molar-refractivity contribution in [2.45, 2.75) is 91.6 Å². The minimum absolute atomic E-state index is 0.0889. The number of hydrogen-bond acceptors (Lipinski definition) is 2. The predicted octanol–water partition coefficient (Wildman–Crippen LogP) is 3.88. The molecule has 1 saturated carbocycles. The minimum atomic E-state index is -0.0889. The molecule has 0 aromatic heterocycles. The van der Waals surface area contributed by atoms with Gasteiger partial charge in [0.05, 0.1) is 6.04 Å². The molecule has 0 spiro atoms. The Bertz CT molecular complexity index is 308. The molecular weight excluding hydrogens is 260 g/mol. The van der Waals surface area contributed by atoms with E-state index >= 15 is 0 Å². The molecule has 0 aromatic carbocycles. The van der Waals surface area contributed by atoms with Crippen LogP contribution in [0.3, 0.4) is 0 Å². The Morgan fingerprint density at radius 2 is 1.76 bits per heavy atom. The van der Waals surface area contributed by atoms with Crippen molar-refractivity contribution in [2.75, 3.05) is 6.54 Å². The summed E-state index contributed by atoms with van der Waals surface area (Å²) in [4.78, 5) is 12.2. The van der Waals surface area contributed by atoms with E-state index < -0.39 is 0 Å². The summed E-state index contributed by atoms with van der Waals surface area (Å²) in [6.45, 7) is 11.8. The molecule has 0 bridgehead atoms. The number of nitrogens with one attached hydrogen (secondary N) is 2. The highest BCUT2D eigenvalue weighted by molar-refractivity contribution is 5.81. The van der Waals surface area contributed by atoms with Crippen molar-refractivity contribution in [1.82, 2.24) is 10.6 Å². The van der Waals surface area contributed by atoms with E-state index in [-0.39, 0.29) is 18.0 Å². The van der Waals surface area contributed by atoms with Gasteiger partial charge in [0.15, 0.2) is 0 Å². The van der Waals surface area contributed by atoms with E-state index in [2.05, 4.69) is 38.3 Å². The maximum absolute atomic E-state index is 12.2. The molecule has 0 saturated heterocycles. The summed E-state index contributed by atoms with van der Waals surface area (Å²) in [5, 5.41) is 6.61. The molecule has 3 heteroatoms. The van der Waals surface area contributed by atoms with Crippen molar-refractivity contribution in [2.24, 2.45) is 11.3 Å². The second-order valence-electron chi connectivity index (χ2n) is 7.61. The van der Waals surface area contributed by atoms with Crippen molar-refractivity contribution in [3.63, 3.8) is 0 Å². The molecule has 1 fully saturated rings. The van der Waals surface area contributed by atoms with Crippen LogP contribution in [0.2, 0.25) is 0 Å². The molecule has 1 aliphatic rings. The summed E-state index contributed by atoms with van der Waals surface area (Å²) >= 11 is 0. The highest BCUT2D eigenvalue weighted by Gasteiger charge is 2.34. The van der Waals surface area contributed by atoms with Gasteiger partial charge in [-0.25, -0.2) is 0 Å². The molecular formula is C18H36N2O. The SMILES string of the molecule is CCCC(C)NC(=O)C(C)NCC1(CC(C)C)CCCC1. The highest BCUT2D eigenvalue weighted by atomic mass is 16.2. The van der Waals surface area contributed by atoms with Crippen LogP contribution in [-0.4, -0.2) is 24.5 Å². The lowest BCUT2D eigenvalue weighted by Gasteiger charge is -2.32. The van der Waals surface area contributed by atoms with Gasteiger partial charge in [-0.15, -0.1) is 0 Å². The van der Waals surface area contributed by atoms with Gasteiger partial charge in [-0.2, -0.15) is 0 Å². The summed E-state index contributed by atoms with van der Waals surface area (Å²) < 4.78 is 0. The first-order valence-electron chi connectivity index (χ1n) is 8.92. The van der Waals surface area contributed by atoms with Gasteiger partial charge in [-0.05, 0) is 50.9 Å². The molecule has 2 N–H and O–H groups in total. The van der Waals surface area contributed by atoms with Crippen LogP contribution in [0.1, 0.15) is 79.6 Å². The number of rotatable bonds is 9. The Kier molecular flexibility index (Phi) is 7.72. The summed E-state index contributed by atoms with van der Waals surface area (Å²) in [5.41, 5.74) is 0.428. The fourth-order valence-electron chi connectivity index (χ4n) is 3.78. The van der Waals surface area contributed by atoms with Gasteiger partial charge >= 0.3 is 0 Å². The number of carbonyl (C=O) groups excluding carboxylic acids is 1. The molecule has 0 heterocycles. The number of hydrogen-bond donors (Lipinski definition) is 2. The van der Waals surface area contributed by atoms with Crippen LogP contribution >= 0.6 is 0 Å². The van der Waals surface area contributed by atoms with E-state index in [1.54, 1.807) is 0 Å². The number of amides is 1. The summed E-state index contributed by atoms with van der Waals surface area (Å²) in [6, 6.07) is 0.191. The van der Waals surface area contributed by atoms with E-state index in [1.807, 2.05) is 6.92 Å². The summed E-state index contributed by atoms with van der Waals surface area (Å²) in [7, 11) is 0. The first-order valence-corrected chi connectivity index (χ1v) is 8.92. The molecule has 1 rings (SSSR count). The topological polar surface area (TPSA) is 41.1 Å².